The first-order valence-corrected chi connectivity index (χ1v) is 7.86. The fourth-order valence-electron chi connectivity index (χ4n) is 2.39. The van der Waals surface area contributed by atoms with Gasteiger partial charge in [0.2, 0.25) is 0 Å². The minimum Gasteiger partial charge on any atom is -0.462 e. The number of hydrogen-bond donors (Lipinski definition) is 2. The molecule has 2 N–H and O–H groups in total. The molecule has 126 valence electrons. The second-order valence-corrected chi connectivity index (χ2v) is 5.25. The highest BCUT2D eigenvalue weighted by atomic mass is 16.5. The van der Waals surface area contributed by atoms with Crippen molar-refractivity contribution < 1.29 is 14.3 Å². The second kappa shape index (κ2) is 7.44. The maximum absolute atomic E-state index is 12.2. The predicted molar refractivity (Wildman–Crippen MR) is 96.8 cm³/mol. The zero-order valence-electron chi connectivity index (χ0n) is 13.7. The van der Waals surface area contributed by atoms with Crippen LogP contribution in [-0.2, 0) is 4.74 Å². The Morgan fingerprint density at radius 2 is 1.76 bits per heavy atom. The van der Waals surface area contributed by atoms with Crippen LogP contribution in [0, 0.1) is 0 Å². The summed E-state index contributed by atoms with van der Waals surface area (Å²) in [6, 6.07) is 15.4. The first-order valence-electron chi connectivity index (χ1n) is 7.86. The van der Waals surface area contributed by atoms with Gasteiger partial charge in [0, 0.05) is 17.3 Å². The number of ether oxygens (including phenoxy) is 1. The van der Waals surface area contributed by atoms with Crippen LogP contribution < -0.4 is 10.6 Å². The molecule has 0 saturated heterocycles. The molecule has 6 nitrogen and oxygen atoms in total. The summed E-state index contributed by atoms with van der Waals surface area (Å²) in [4.78, 5) is 28.1. The molecule has 0 aliphatic carbocycles. The number of carbonyl (C=O) groups excluding carboxylic acids is 2. The van der Waals surface area contributed by atoms with Crippen LogP contribution >= 0.6 is 0 Å². The lowest BCUT2D eigenvalue weighted by molar-refractivity contribution is 0.0526. The Hall–Kier alpha value is -3.41. The normalized spacial score (nSPS) is 10.3. The summed E-state index contributed by atoms with van der Waals surface area (Å²) in [5, 5.41) is 6.40. The van der Waals surface area contributed by atoms with E-state index in [4.69, 9.17) is 4.74 Å². The molecular weight excluding hydrogens is 318 g/mol. The Labute approximate surface area is 144 Å². The van der Waals surface area contributed by atoms with Gasteiger partial charge in [-0.15, -0.1) is 0 Å². The van der Waals surface area contributed by atoms with Gasteiger partial charge in [-0.1, -0.05) is 18.2 Å². The Balaban J connectivity index is 1.69. The molecule has 0 atom stereocenters. The summed E-state index contributed by atoms with van der Waals surface area (Å²) < 4.78 is 4.92. The van der Waals surface area contributed by atoms with Crippen molar-refractivity contribution in [1.29, 1.82) is 0 Å². The molecule has 0 bridgehead atoms. The first-order chi connectivity index (χ1) is 12.2. The van der Waals surface area contributed by atoms with Crippen molar-refractivity contribution >= 4 is 34.3 Å². The van der Waals surface area contributed by atoms with E-state index < -0.39 is 0 Å². The topological polar surface area (TPSA) is 80.3 Å². The predicted octanol–water partition coefficient (Wildman–Crippen LogP) is 4.06. The van der Waals surface area contributed by atoms with Gasteiger partial charge in [0.05, 0.1) is 23.4 Å². The Morgan fingerprint density at radius 3 is 2.52 bits per heavy atom. The SMILES string of the molecule is CCOC(=O)c1ccc(NC(=O)Nc2ccnc3ccccc23)cc1. The van der Waals surface area contributed by atoms with E-state index in [2.05, 4.69) is 15.6 Å². The molecule has 3 rings (SSSR count). The summed E-state index contributed by atoms with van der Waals surface area (Å²) in [6.45, 7) is 2.07. The molecule has 0 aliphatic rings. The number of esters is 1. The molecule has 6 heteroatoms. The number of pyridine rings is 1. The number of amides is 2. The van der Waals surface area contributed by atoms with Crippen molar-refractivity contribution in [3.63, 3.8) is 0 Å². The van der Waals surface area contributed by atoms with Crippen molar-refractivity contribution in [2.45, 2.75) is 6.92 Å². The van der Waals surface area contributed by atoms with Crippen molar-refractivity contribution in [1.82, 2.24) is 4.98 Å². The highest BCUT2D eigenvalue weighted by Crippen LogP contribution is 2.21. The van der Waals surface area contributed by atoms with Gasteiger partial charge in [0.1, 0.15) is 0 Å². The van der Waals surface area contributed by atoms with Crippen molar-refractivity contribution in [3.05, 3.63) is 66.4 Å². The van der Waals surface area contributed by atoms with Crippen LogP contribution in [0.15, 0.2) is 60.8 Å². The standard InChI is InChI=1S/C19H17N3O3/c1-2-25-18(23)13-7-9-14(10-8-13)21-19(24)22-17-11-12-20-16-6-4-3-5-15(16)17/h3-12H,2H2,1H3,(H2,20,21,22,24). The zero-order valence-corrected chi connectivity index (χ0v) is 13.7. The minimum absolute atomic E-state index is 0.321. The van der Waals surface area contributed by atoms with E-state index in [1.54, 1.807) is 43.5 Å². The van der Waals surface area contributed by atoms with Crippen LogP contribution in [-0.4, -0.2) is 23.6 Å². The van der Waals surface area contributed by atoms with Gasteiger partial charge in [-0.25, -0.2) is 9.59 Å². The van der Waals surface area contributed by atoms with Crippen molar-refractivity contribution in [2.75, 3.05) is 17.2 Å². The maximum atomic E-state index is 12.2. The van der Waals surface area contributed by atoms with Gasteiger partial charge in [0.15, 0.2) is 0 Å². The van der Waals surface area contributed by atoms with Crippen LogP contribution in [0.3, 0.4) is 0 Å². The molecular formula is C19H17N3O3. The number of hydrogen-bond acceptors (Lipinski definition) is 4. The molecule has 1 heterocycles. The van der Waals surface area contributed by atoms with Crippen LogP contribution in [0.5, 0.6) is 0 Å². The van der Waals surface area contributed by atoms with Crippen LogP contribution in [0.25, 0.3) is 10.9 Å². The van der Waals surface area contributed by atoms with E-state index in [1.165, 1.54) is 0 Å². The van der Waals surface area contributed by atoms with Gasteiger partial charge >= 0.3 is 12.0 Å². The highest BCUT2D eigenvalue weighted by Gasteiger charge is 2.08. The minimum atomic E-state index is -0.387. The van der Waals surface area contributed by atoms with E-state index >= 15 is 0 Å². The second-order valence-electron chi connectivity index (χ2n) is 5.25. The number of benzene rings is 2. The van der Waals surface area contributed by atoms with E-state index in [0.29, 0.717) is 23.5 Å². The summed E-state index contributed by atoms with van der Waals surface area (Å²) in [7, 11) is 0. The third kappa shape index (κ3) is 3.92. The smallest absolute Gasteiger partial charge is 0.338 e. The summed E-state index contributed by atoms with van der Waals surface area (Å²) in [5.74, 6) is -0.387. The molecule has 0 fully saturated rings. The average molecular weight is 335 g/mol. The van der Waals surface area contributed by atoms with E-state index in [1.807, 2.05) is 24.3 Å². The molecule has 0 aliphatic heterocycles. The monoisotopic (exact) mass is 335 g/mol. The number of aromatic nitrogens is 1. The van der Waals surface area contributed by atoms with Crippen LogP contribution in [0.2, 0.25) is 0 Å². The molecule has 3 aromatic rings. The number of rotatable bonds is 4. The van der Waals surface area contributed by atoms with E-state index in [-0.39, 0.29) is 12.0 Å². The number of fused-ring (bicyclic) bond motifs is 1. The first kappa shape index (κ1) is 16.4. The lowest BCUT2D eigenvalue weighted by atomic mass is 10.2. The van der Waals surface area contributed by atoms with Crippen LogP contribution in [0.4, 0.5) is 16.2 Å². The molecule has 1 aromatic heterocycles. The molecule has 0 unspecified atom stereocenters. The Bertz CT molecular complexity index is 902. The van der Waals surface area contributed by atoms with E-state index in [0.717, 1.165) is 10.9 Å². The van der Waals surface area contributed by atoms with Crippen molar-refractivity contribution in [2.24, 2.45) is 0 Å². The number of nitrogens with one attached hydrogen (secondary N) is 2. The Morgan fingerprint density at radius 1 is 1.00 bits per heavy atom. The lowest BCUT2D eigenvalue weighted by Gasteiger charge is -2.10. The molecule has 25 heavy (non-hydrogen) atoms. The number of urea groups is 1. The molecule has 2 aromatic carbocycles. The van der Waals surface area contributed by atoms with Crippen molar-refractivity contribution in [3.8, 4) is 0 Å². The van der Waals surface area contributed by atoms with Gasteiger partial charge in [-0.3, -0.25) is 4.98 Å². The maximum Gasteiger partial charge on any atom is 0.338 e. The molecule has 0 spiro atoms. The third-order valence-corrected chi connectivity index (χ3v) is 3.55. The largest absolute Gasteiger partial charge is 0.462 e. The highest BCUT2D eigenvalue weighted by molar-refractivity contribution is 6.05. The van der Waals surface area contributed by atoms with Gasteiger partial charge in [0.25, 0.3) is 0 Å². The van der Waals surface area contributed by atoms with Gasteiger partial charge < -0.3 is 15.4 Å². The quantitative estimate of drug-likeness (QED) is 0.705. The molecule has 0 radical (unpaired) electrons. The zero-order chi connectivity index (χ0) is 17.6. The van der Waals surface area contributed by atoms with Crippen LogP contribution in [0.1, 0.15) is 17.3 Å². The fraction of sp³-hybridized carbons (Fsp3) is 0.105. The summed E-state index contributed by atoms with van der Waals surface area (Å²) >= 11 is 0. The van der Waals surface area contributed by atoms with E-state index in [9.17, 15) is 9.59 Å². The Kier molecular flexibility index (Phi) is 4.89. The third-order valence-electron chi connectivity index (χ3n) is 3.55. The lowest BCUT2D eigenvalue weighted by Crippen LogP contribution is -2.19. The molecule has 0 saturated carbocycles. The summed E-state index contributed by atoms with van der Waals surface area (Å²) in [6.07, 6.45) is 1.64. The summed E-state index contributed by atoms with van der Waals surface area (Å²) in [5.41, 5.74) is 2.49. The number of para-hydroxylation sites is 1. The van der Waals surface area contributed by atoms with Gasteiger partial charge in [-0.2, -0.15) is 0 Å². The van der Waals surface area contributed by atoms with Gasteiger partial charge in [-0.05, 0) is 43.3 Å². The number of carbonyl (C=O) groups is 2. The molecule has 2 amide bonds. The number of anilines is 2. The number of nitrogens with zero attached hydrogens (tertiary/aromatic N) is 1. The average Bonchev–Trinajstić information content (AvgIpc) is 2.63. The fourth-order valence-corrected chi connectivity index (χ4v) is 2.39.